The Morgan fingerprint density at radius 3 is 2.54 bits per heavy atom. The molecular formula is C19H22N2O2S. The third kappa shape index (κ3) is 2.62. The molecule has 1 unspecified atom stereocenters. The van der Waals surface area contributed by atoms with Gasteiger partial charge in [0.1, 0.15) is 0 Å². The molecule has 5 heteroatoms. The maximum Gasteiger partial charge on any atom is 0.264 e. The average molecular weight is 342 g/mol. The number of nitrogens with two attached hydrogens (primary N) is 1. The zero-order chi connectivity index (χ0) is 16.7. The molecule has 1 atom stereocenters. The summed E-state index contributed by atoms with van der Waals surface area (Å²) in [6, 6.07) is 13.1. The van der Waals surface area contributed by atoms with E-state index in [4.69, 9.17) is 5.73 Å². The summed E-state index contributed by atoms with van der Waals surface area (Å²) in [6.07, 6.45) is 5.05. The molecule has 24 heavy (non-hydrogen) atoms. The third-order valence-corrected chi connectivity index (χ3v) is 6.83. The standard InChI is InChI=1S/C19H22N2O2S/c20-17-11-16-7-3-4-8-19(16)21(13-17)24(22,23)18-10-9-14-5-1-2-6-15(14)12-18/h3-4,7-10,12,17H,1-2,5-6,11,13,20H2. The van der Waals surface area contributed by atoms with Crippen molar-refractivity contribution in [2.24, 2.45) is 5.73 Å². The third-order valence-electron chi connectivity index (χ3n) is 5.05. The van der Waals surface area contributed by atoms with Crippen molar-refractivity contribution in [1.29, 1.82) is 0 Å². The van der Waals surface area contributed by atoms with Crippen molar-refractivity contribution in [3.05, 3.63) is 59.2 Å². The van der Waals surface area contributed by atoms with Gasteiger partial charge in [-0.3, -0.25) is 4.31 Å². The van der Waals surface area contributed by atoms with Crippen LogP contribution in [-0.2, 0) is 29.3 Å². The van der Waals surface area contributed by atoms with Gasteiger partial charge in [-0.25, -0.2) is 8.42 Å². The van der Waals surface area contributed by atoms with Gasteiger partial charge in [0.2, 0.25) is 0 Å². The molecule has 0 saturated heterocycles. The van der Waals surface area contributed by atoms with Gasteiger partial charge in [0.25, 0.3) is 10.0 Å². The number of sulfonamides is 1. The molecule has 0 spiro atoms. The first-order valence-electron chi connectivity index (χ1n) is 8.54. The molecule has 1 aliphatic carbocycles. The fourth-order valence-electron chi connectivity index (χ4n) is 3.81. The van der Waals surface area contributed by atoms with Crippen LogP contribution in [0.2, 0.25) is 0 Å². The highest BCUT2D eigenvalue weighted by atomic mass is 32.2. The fraction of sp³-hybridized carbons (Fsp3) is 0.368. The summed E-state index contributed by atoms with van der Waals surface area (Å²) in [5, 5.41) is 0. The molecule has 1 heterocycles. The molecule has 0 bridgehead atoms. The first-order chi connectivity index (χ1) is 11.6. The zero-order valence-corrected chi connectivity index (χ0v) is 14.4. The molecule has 4 rings (SSSR count). The smallest absolute Gasteiger partial charge is 0.264 e. The van der Waals surface area contributed by atoms with Crippen molar-refractivity contribution in [1.82, 2.24) is 0 Å². The molecular weight excluding hydrogens is 320 g/mol. The van der Waals surface area contributed by atoms with Gasteiger partial charge in [0.15, 0.2) is 0 Å². The summed E-state index contributed by atoms with van der Waals surface area (Å²) < 4.78 is 28.0. The molecule has 2 aliphatic rings. The van der Waals surface area contributed by atoms with Crippen molar-refractivity contribution < 1.29 is 8.42 Å². The maximum atomic E-state index is 13.3. The number of fused-ring (bicyclic) bond motifs is 2. The van der Waals surface area contributed by atoms with E-state index in [2.05, 4.69) is 0 Å². The number of hydrogen-bond acceptors (Lipinski definition) is 3. The van der Waals surface area contributed by atoms with Crippen molar-refractivity contribution in [2.45, 2.75) is 43.0 Å². The van der Waals surface area contributed by atoms with Gasteiger partial charge in [0.05, 0.1) is 10.6 Å². The van der Waals surface area contributed by atoms with E-state index in [0.717, 1.165) is 30.5 Å². The van der Waals surface area contributed by atoms with Crippen LogP contribution in [0.3, 0.4) is 0 Å². The Bertz CT molecular complexity index is 877. The molecule has 0 aromatic heterocycles. The Kier molecular flexibility index (Phi) is 3.85. The van der Waals surface area contributed by atoms with Crippen molar-refractivity contribution >= 4 is 15.7 Å². The summed E-state index contributed by atoms with van der Waals surface area (Å²) in [4.78, 5) is 0.382. The topological polar surface area (TPSA) is 63.4 Å². The summed E-state index contributed by atoms with van der Waals surface area (Å²) in [5.41, 5.74) is 10.3. The Labute approximate surface area is 143 Å². The Morgan fingerprint density at radius 2 is 1.71 bits per heavy atom. The number of nitrogens with zero attached hydrogens (tertiary/aromatic N) is 1. The molecule has 2 N–H and O–H groups in total. The molecule has 4 nitrogen and oxygen atoms in total. The normalized spacial score (nSPS) is 20.4. The molecule has 0 fully saturated rings. The summed E-state index contributed by atoms with van der Waals surface area (Å²) in [6.45, 7) is 0.330. The van der Waals surface area contributed by atoms with E-state index in [-0.39, 0.29) is 6.04 Å². The summed E-state index contributed by atoms with van der Waals surface area (Å²) in [7, 11) is -3.59. The maximum absolute atomic E-state index is 13.3. The highest BCUT2D eigenvalue weighted by Gasteiger charge is 2.32. The molecule has 126 valence electrons. The number of rotatable bonds is 2. The molecule has 0 radical (unpaired) electrons. The number of para-hydroxylation sites is 1. The average Bonchev–Trinajstić information content (AvgIpc) is 2.60. The molecule has 0 saturated carbocycles. The lowest BCUT2D eigenvalue weighted by Gasteiger charge is -2.34. The van der Waals surface area contributed by atoms with Gasteiger partial charge in [-0.05, 0) is 67.0 Å². The predicted octanol–water partition coefficient (Wildman–Crippen LogP) is 2.64. The second-order valence-electron chi connectivity index (χ2n) is 6.77. The second kappa shape index (κ2) is 5.90. The minimum atomic E-state index is -3.59. The van der Waals surface area contributed by atoms with Gasteiger partial charge in [-0.1, -0.05) is 24.3 Å². The van der Waals surface area contributed by atoms with Gasteiger partial charge < -0.3 is 5.73 Å². The van der Waals surface area contributed by atoms with Crippen molar-refractivity contribution in [2.75, 3.05) is 10.8 Å². The molecule has 0 amide bonds. The van der Waals surface area contributed by atoms with E-state index in [9.17, 15) is 8.42 Å². The van der Waals surface area contributed by atoms with Crippen LogP contribution in [0.5, 0.6) is 0 Å². The van der Waals surface area contributed by atoms with Crippen LogP contribution in [0.4, 0.5) is 5.69 Å². The first kappa shape index (κ1) is 15.7. The summed E-state index contributed by atoms with van der Waals surface area (Å²) >= 11 is 0. The lowest BCUT2D eigenvalue weighted by molar-refractivity contribution is 0.575. The van der Waals surface area contributed by atoms with E-state index >= 15 is 0 Å². The first-order valence-corrected chi connectivity index (χ1v) is 9.98. The van der Waals surface area contributed by atoms with E-state index in [1.54, 1.807) is 6.07 Å². The molecule has 2 aromatic carbocycles. The monoisotopic (exact) mass is 342 g/mol. The van der Waals surface area contributed by atoms with Gasteiger partial charge in [-0.2, -0.15) is 0 Å². The number of aryl methyl sites for hydroxylation is 2. The minimum absolute atomic E-state index is 0.174. The fourth-order valence-corrected chi connectivity index (χ4v) is 5.42. The van der Waals surface area contributed by atoms with Crippen LogP contribution < -0.4 is 10.0 Å². The van der Waals surface area contributed by atoms with E-state index in [1.165, 1.54) is 21.9 Å². The second-order valence-corrected chi connectivity index (χ2v) is 8.63. The van der Waals surface area contributed by atoms with E-state index in [0.29, 0.717) is 17.9 Å². The largest absolute Gasteiger partial charge is 0.326 e. The van der Waals surface area contributed by atoms with Crippen molar-refractivity contribution in [3.8, 4) is 0 Å². The van der Waals surface area contributed by atoms with Crippen LogP contribution >= 0.6 is 0 Å². The Balaban J connectivity index is 1.78. The summed E-state index contributed by atoms with van der Waals surface area (Å²) in [5.74, 6) is 0. The Morgan fingerprint density at radius 1 is 0.958 bits per heavy atom. The van der Waals surface area contributed by atoms with E-state index in [1.807, 2.05) is 36.4 Å². The van der Waals surface area contributed by atoms with Crippen LogP contribution in [0.25, 0.3) is 0 Å². The molecule has 2 aromatic rings. The number of anilines is 1. The van der Waals surface area contributed by atoms with Gasteiger partial charge >= 0.3 is 0 Å². The SMILES string of the molecule is NC1Cc2ccccc2N(S(=O)(=O)c2ccc3c(c2)CCCC3)C1. The quantitative estimate of drug-likeness (QED) is 0.912. The van der Waals surface area contributed by atoms with E-state index < -0.39 is 10.0 Å². The van der Waals surface area contributed by atoms with Gasteiger partial charge in [0, 0.05) is 12.6 Å². The van der Waals surface area contributed by atoms with Crippen molar-refractivity contribution in [3.63, 3.8) is 0 Å². The van der Waals surface area contributed by atoms with Crippen LogP contribution in [0, 0.1) is 0 Å². The lowest BCUT2D eigenvalue weighted by atomic mass is 9.92. The predicted molar refractivity (Wildman–Crippen MR) is 95.7 cm³/mol. The van der Waals surface area contributed by atoms with Crippen LogP contribution in [0.1, 0.15) is 29.5 Å². The highest BCUT2D eigenvalue weighted by Crippen LogP contribution is 2.33. The van der Waals surface area contributed by atoms with Crippen LogP contribution in [-0.4, -0.2) is 21.0 Å². The molecule has 1 aliphatic heterocycles. The van der Waals surface area contributed by atoms with Gasteiger partial charge in [-0.15, -0.1) is 0 Å². The minimum Gasteiger partial charge on any atom is -0.326 e. The van der Waals surface area contributed by atoms with Crippen LogP contribution in [0.15, 0.2) is 47.4 Å². The Hall–Kier alpha value is -1.85. The number of benzene rings is 2. The number of hydrogen-bond donors (Lipinski definition) is 1. The highest BCUT2D eigenvalue weighted by molar-refractivity contribution is 7.92. The zero-order valence-electron chi connectivity index (χ0n) is 13.6. The lowest BCUT2D eigenvalue weighted by Crippen LogP contribution is -2.46.